The fourth-order valence-corrected chi connectivity index (χ4v) is 0. The molecule has 0 fully saturated rings. The Morgan fingerprint density at radius 2 is 0.900 bits per heavy atom. The molecule has 0 amide bonds. The van der Waals surface area contributed by atoms with Crippen molar-refractivity contribution >= 4 is 37.7 Å². The zero-order valence-corrected chi connectivity index (χ0v) is 9.84. The van der Waals surface area contributed by atoms with Gasteiger partial charge in [-0.1, -0.05) is 0 Å². The number of rotatable bonds is 0. The van der Waals surface area contributed by atoms with Crippen molar-refractivity contribution in [3.63, 3.8) is 0 Å². The maximum absolute atomic E-state index is 8.67. The summed E-state index contributed by atoms with van der Waals surface area (Å²) in [4.78, 5) is 0. The van der Waals surface area contributed by atoms with Crippen molar-refractivity contribution in [2.24, 2.45) is 0 Å². The normalized spacial score (nSPS) is 5.00. The van der Waals surface area contributed by atoms with E-state index in [0.717, 1.165) is 0 Å². The first kappa shape index (κ1) is 22.5. The van der Waals surface area contributed by atoms with Gasteiger partial charge < -0.3 is 9.00 Å². The van der Waals surface area contributed by atoms with Gasteiger partial charge in [-0.25, -0.2) is 0 Å². The van der Waals surface area contributed by atoms with Crippen LogP contribution in [-0.2, 0) is 45.5 Å². The van der Waals surface area contributed by atoms with Gasteiger partial charge in [-0.05, 0) is 0 Å². The number of hydrogen-bond acceptors (Lipinski definition) is 5. The fraction of sp³-hybridized carbons (Fsp3) is 0. The van der Waals surface area contributed by atoms with Crippen LogP contribution in [0.15, 0.2) is 0 Å². The molecule has 0 aromatic carbocycles. The van der Waals surface area contributed by atoms with Gasteiger partial charge in [-0.2, -0.15) is 0 Å². The summed E-state index contributed by atoms with van der Waals surface area (Å²) in [6.07, 6.45) is 0. The average Bonchev–Trinajstić information content (AvgIpc) is 1.25. The minimum absolute atomic E-state index is 0. The predicted molar refractivity (Wildman–Crippen MR) is 20.2 cm³/mol. The molecule has 7 nitrogen and oxygen atoms in total. The van der Waals surface area contributed by atoms with E-state index in [4.69, 9.17) is 22.8 Å². The molecule has 10 heavy (non-hydrogen) atoms. The molecule has 0 aliphatic carbocycles. The van der Waals surface area contributed by atoms with Crippen molar-refractivity contribution in [3.8, 4) is 0 Å². The molecule has 5 N–H and O–H groups in total. The molecule has 0 spiro atoms. The van der Waals surface area contributed by atoms with Gasteiger partial charge >= 0.3 is 91.3 Å². The van der Waals surface area contributed by atoms with E-state index in [2.05, 4.69) is 0 Å². The van der Waals surface area contributed by atoms with Gasteiger partial charge in [-0.15, -0.1) is 0 Å². The minimum atomic E-state index is -3.69. The summed E-state index contributed by atoms with van der Waals surface area (Å²) in [5, 5.41) is 0. The zero-order chi connectivity index (χ0) is 7.15. The van der Waals surface area contributed by atoms with Crippen LogP contribution in [-0.4, -0.2) is 45.8 Å². The second-order valence-corrected chi connectivity index (χ2v) is 1.96. The average molecular weight is 259 g/mol. The monoisotopic (exact) mass is 259 g/mol. The van der Waals surface area contributed by atoms with Crippen LogP contribution < -0.4 is 6.15 Å². The molecular formula is H7CaNO6V2. The molecule has 0 bridgehead atoms. The molecule has 0 aromatic rings. The molecule has 0 rings (SSSR count). The third-order valence-corrected chi connectivity index (χ3v) is 0. The number of hydrogen-bond donors (Lipinski definition) is 3. The molecule has 0 saturated heterocycles. The molecular weight excluding hydrogens is 252 g/mol. The Morgan fingerprint density at radius 3 is 0.900 bits per heavy atom. The molecule has 0 aromatic heterocycles. The van der Waals surface area contributed by atoms with Gasteiger partial charge in [0.25, 0.3) is 0 Å². The van der Waals surface area contributed by atoms with Gasteiger partial charge in [0, 0.05) is 0 Å². The molecule has 0 saturated carbocycles. The van der Waals surface area contributed by atoms with E-state index < -0.39 is 30.8 Å². The van der Waals surface area contributed by atoms with Crippen LogP contribution >= 0.6 is 0 Å². The van der Waals surface area contributed by atoms with Gasteiger partial charge in [0.1, 0.15) is 0 Å². The zero-order valence-electron chi connectivity index (χ0n) is 6.84. The van der Waals surface area contributed by atoms with Gasteiger partial charge in [0.15, 0.2) is 0 Å². The van der Waals surface area contributed by atoms with Crippen LogP contribution in [0.1, 0.15) is 2.85 Å². The van der Waals surface area contributed by atoms with Crippen molar-refractivity contribution in [1.29, 1.82) is 0 Å². The molecule has 0 aliphatic rings. The molecule has 0 atom stereocenters. The van der Waals surface area contributed by atoms with Crippen LogP contribution in [0.4, 0.5) is 0 Å². The first-order valence-electron chi connectivity index (χ1n) is 1.13. The van der Waals surface area contributed by atoms with E-state index in [9.17, 15) is 0 Å². The second kappa shape index (κ2) is 16.9. The second-order valence-electron chi connectivity index (χ2n) is 0.476. The van der Waals surface area contributed by atoms with Crippen LogP contribution in [0.2, 0.25) is 0 Å². The summed E-state index contributed by atoms with van der Waals surface area (Å²) in [6.45, 7) is 0. The van der Waals surface area contributed by atoms with Crippen LogP contribution in [0, 0.1) is 0 Å². The maximum atomic E-state index is 8.67. The SMILES string of the molecule is N.[Ca+2].[H-].[H-].[O]=[V](=[O])[OH].[O]=[V](=[O])[OH]. The van der Waals surface area contributed by atoms with Crippen molar-refractivity contribution in [2.75, 3.05) is 0 Å². The quantitative estimate of drug-likeness (QED) is 0.445. The Kier molecular flexibility index (Phi) is 38.0. The van der Waals surface area contributed by atoms with Crippen LogP contribution in [0.5, 0.6) is 0 Å². The Bertz CT molecular complexity index is 140. The third-order valence-electron chi connectivity index (χ3n) is 0. The van der Waals surface area contributed by atoms with E-state index in [1.54, 1.807) is 0 Å². The summed E-state index contributed by atoms with van der Waals surface area (Å²) in [6, 6.07) is 0. The third kappa shape index (κ3) is 302. The Balaban J connectivity index is -0.0000000112. The first-order valence-corrected chi connectivity index (χ1v) is 4.66. The molecule has 0 aliphatic heterocycles. The van der Waals surface area contributed by atoms with E-state index in [1.165, 1.54) is 0 Å². The first-order chi connectivity index (χ1) is 3.46. The van der Waals surface area contributed by atoms with E-state index in [-0.39, 0.29) is 46.7 Å². The molecule has 0 unspecified atom stereocenters. The van der Waals surface area contributed by atoms with Crippen molar-refractivity contribution in [2.45, 2.75) is 0 Å². The van der Waals surface area contributed by atoms with Crippen molar-refractivity contribution in [1.82, 2.24) is 6.15 Å². The fourth-order valence-electron chi connectivity index (χ4n) is 0. The topological polar surface area (TPSA) is 144 Å². The molecule has 0 heterocycles. The Morgan fingerprint density at radius 1 is 0.900 bits per heavy atom. The Labute approximate surface area is 99.1 Å². The summed E-state index contributed by atoms with van der Waals surface area (Å²) < 4.78 is 48.9. The molecule has 0 radical (unpaired) electrons. The van der Waals surface area contributed by atoms with Crippen LogP contribution in [0.3, 0.4) is 0 Å². The predicted octanol–water partition coefficient (Wildman–Crippen LogP) is -1.59. The van der Waals surface area contributed by atoms with Crippen molar-refractivity contribution < 1.29 is 56.4 Å². The van der Waals surface area contributed by atoms with Gasteiger partial charge in [0.2, 0.25) is 0 Å². The summed E-state index contributed by atoms with van der Waals surface area (Å²) in [5.41, 5.74) is 0. The van der Waals surface area contributed by atoms with Crippen molar-refractivity contribution in [3.05, 3.63) is 0 Å². The summed E-state index contributed by atoms with van der Waals surface area (Å²) in [7, 11) is 0. The molecule has 60 valence electrons. The molecule has 10 heteroatoms. The van der Waals surface area contributed by atoms with Gasteiger partial charge in [-0.3, -0.25) is 0 Å². The standard InChI is InChI=1S/Ca.H3N.2H2O.4O.2V.2H/h;1H3;2*1H2;;;;;;;;/q+2;;;;;;;;2*+1;2*-1/p-2. The summed E-state index contributed by atoms with van der Waals surface area (Å²) >= 11 is -7.38. The van der Waals surface area contributed by atoms with E-state index in [0.29, 0.717) is 0 Å². The van der Waals surface area contributed by atoms with Crippen LogP contribution in [0.25, 0.3) is 0 Å². The Hall–Kier alpha value is 1.51. The van der Waals surface area contributed by atoms with Gasteiger partial charge in [0.05, 0.1) is 0 Å². The van der Waals surface area contributed by atoms with E-state index in [1.807, 2.05) is 0 Å². The van der Waals surface area contributed by atoms with E-state index >= 15 is 0 Å². The summed E-state index contributed by atoms with van der Waals surface area (Å²) in [5.74, 6) is 0.